The van der Waals surface area contributed by atoms with Crippen LogP contribution in [-0.2, 0) is 11.3 Å². The van der Waals surface area contributed by atoms with Crippen molar-refractivity contribution in [1.29, 1.82) is 0 Å². The van der Waals surface area contributed by atoms with Crippen molar-refractivity contribution in [2.75, 3.05) is 6.54 Å². The summed E-state index contributed by atoms with van der Waals surface area (Å²) in [6, 6.07) is 15.2. The fourth-order valence-electron chi connectivity index (χ4n) is 3.84. The molecule has 0 aliphatic carbocycles. The van der Waals surface area contributed by atoms with Crippen LogP contribution in [0.5, 0.6) is 0 Å². The van der Waals surface area contributed by atoms with Crippen LogP contribution in [0.15, 0.2) is 48.5 Å². The number of benzene rings is 2. The second-order valence-electron chi connectivity index (χ2n) is 8.85. The van der Waals surface area contributed by atoms with Crippen LogP contribution < -0.4 is 5.32 Å². The Kier molecular flexibility index (Phi) is 5.67. The third-order valence-corrected chi connectivity index (χ3v) is 5.27. The third kappa shape index (κ3) is 4.87. The fourth-order valence-corrected chi connectivity index (χ4v) is 3.84. The highest BCUT2D eigenvalue weighted by atomic mass is 16.6. The van der Waals surface area contributed by atoms with Crippen LogP contribution in [0.4, 0.5) is 4.79 Å². The number of rotatable bonds is 4. The molecule has 7 nitrogen and oxygen atoms in total. The molecule has 1 fully saturated rings. The quantitative estimate of drug-likeness (QED) is 0.647. The number of nitrogens with one attached hydrogen (secondary N) is 2. The van der Waals surface area contributed by atoms with E-state index in [2.05, 4.69) is 10.3 Å². The standard InChI is InChI=1S/C24H28N4O3/c1-24(2,3)31-23(30)25-15-16-10-12-17(13-11-16)22(29)28-14-6-9-20(28)21-26-18-7-4-5-8-19(18)27-21/h4-5,7-8,10-13,20H,6,9,14-15H2,1-3H3,(H,25,30)(H,26,27)/t20-/m1/s1. The Labute approximate surface area is 181 Å². The van der Waals surface area contributed by atoms with Crippen molar-refractivity contribution >= 4 is 23.0 Å². The van der Waals surface area contributed by atoms with E-state index in [9.17, 15) is 9.59 Å². The monoisotopic (exact) mass is 420 g/mol. The first kappa shape index (κ1) is 20.9. The van der Waals surface area contributed by atoms with Crippen molar-refractivity contribution in [1.82, 2.24) is 20.2 Å². The molecule has 1 aliphatic rings. The molecule has 4 rings (SSSR count). The van der Waals surface area contributed by atoms with Gasteiger partial charge in [0.25, 0.3) is 5.91 Å². The van der Waals surface area contributed by atoms with Crippen molar-refractivity contribution in [3.63, 3.8) is 0 Å². The first-order chi connectivity index (χ1) is 14.8. The second kappa shape index (κ2) is 8.41. The number of nitrogens with zero attached hydrogens (tertiary/aromatic N) is 2. The van der Waals surface area contributed by atoms with Crippen LogP contribution in [0, 0.1) is 0 Å². The molecule has 2 aromatic carbocycles. The number of alkyl carbamates (subject to hydrolysis) is 1. The smallest absolute Gasteiger partial charge is 0.407 e. The van der Waals surface area contributed by atoms with Crippen molar-refractivity contribution in [2.24, 2.45) is 0 Å². The number of ether oxygens (including phenoxy) is 1. The number of aromatic nitrogens is 2. The van der Waals surface area contributed by atoms with E-state index in [0.29, 0.717) is 18.7 Å². The number of imidazole rings is 1. The third-order valence-electron chi connectivity index (χ3n) is 5.27. The number of amides is 2. The van der Waals surface area contributed by atoms with Gasteiger partial charge in [0.2, 0.25) is 0 Å². The van der Waals surface area contributed by atoms with Gasteiger partial charge >= 0.3 is 6.09 Å². The van der Waals surface area contributed by atoms with Gasteiger partial charge in [-0.25, -0.2) is 9.78 Å². The average Bonchev–Trinajstić information content (AvgIpc) is 3.37. The summed E-state index contributed by atoms with van der Waals surface area (Å²) < 4.78 is 5.24. The minimum absolute atomic E-state index is 0.00499. The molecule has 31 heavy (non-hydrogen) atoms. The Bertz CT molecular complexity index is 1050. The van der Waals surface area contributed by atoms with Crippen molar-refractivity contribution in [3.8, 4) is 0 Å². The lowest BCUT2D eigenvalue weighted by Gasteiger charge is -2.23. The molecule has 0 spiro atoms. The first-order valence-electron chi connectivity index (χ1n) is 10.6. The summed E-state index contributed by atoms with van der Waals surface area (Å²) >= 11 is 0. The van der Waals surface area contributed by atoms with Crippen molar-refractivity contribution in [3.05, 3.63) is 65.5 Å². The van der Waals surface area contributed by atoms with E-state index in [4.69, 9.17) is 9.72 Å². The summed E-state index contributed by atoms with van der Waals surface area (Å²) in [6.07, 6.45) is 1.38. The Hall–Kier alpha value is -3.35. The van der Waals surface area contributed by atoms with Gasteiger partial charge in [-0.15, -0.1) is 0 Å². The van der Waals surface area contributed by atoms with E-state index >= 15 is 0 Å². The predicted octanol–water partition coefficient (Wildman–Crippen LogP) is 4.56. The molecule has 2 heterocycles. The summed E-state index contributed by atoms with van der Waals surface area (Å²) in [7, 11) is 0. The highest BCUT2D eigenvalue weighted by molar-refractivity contribution is 5.94. The Balaban J connectivity index is 1.42. The largest absolute Gasteiger partial charge is 0.444 e. The highest BCUT2D eigenvalue weighted by Gasteiger charge is 2.32. The van der Waals surface area contributed by atoms with Crippen LogP contribution in [-0.4, -0.2) is 39.0 Å². The molecule has 0 saturated carbocycles. The molecule has 1 aromatic heterocycles. The Morgan fingerprint density at radius 2 is 1.90 bits per heavy atom. The lowest BCUT2D eigenvalue weighted by atomic mass is 10.1. The van der Waals surface area contributed by atoms with Gasteiger partial charge in [-0.2, -0.15) is 0 Å². The molecule has 3 aromatic rings. The number of fused-ring (bicyclic) bond motifs is 1. The van der Waals surface area contributed by atoms with Crippen LogP contribution in [0.3, 0.4) is 0 Å². The van der Waals surface area contributed by atoms with Crippen LogP contribution in [0.2, 0.25) is 0 Å². The van der Waals surface area contributed by atoms with Gasteiger partial charge in [0.15, 0.2) is 0 Å². The van der Waals surface area contributed by atoms with Crippen LogP contribution >= 0.6 is 0 Å². The van der Waals surface area contributed by atoms with Gasteiger partial charge in [-0.05, 0) is 63.4 Å². The number of H-pyrrole nitrogens is 1. The molecule has 0 unspecified atom stereocenters. The maximum absolute atomic E-state index is 13.2. The van der Waals surface area contributed by atoms with E-state index in [0.717, 1.165) is 35.3 Å². The topological polar surface area (TPSA) is 87.3 Å². The van der Waals surface area contributed by atoms with E-state index in [1.165, 1.54) is 0 Å². The summed E-state index contributed by atoms with van der Waals surface area (Å²) in [4.78, 5) is 35.0. The number of likely N-dealkylation sites (tertiary alicyclic amines) is 1. The maximum Gasteiger partial charge on any atom is 0.407 e. The van der Waals surface area contributed by atoms with Gasteiger partial charge in [0.05, 0.1) is 17.1 Å². The van der Waals surface area contributed by atoms with E-state index in [-0.39, 0.29) is 11.9 Å². The average molecular weight is 421 g/mol. The molecular weight excluding hydrogens is 392 g/mol. The zero-order chi connectivity index (χ0) is 22.0. The second-order valence-corrected chi connectivity index (χ2v) is 8.85. The molecule has 1 saturated heterocycles. The van der Waals surface area contributed by atoms with Crippen molar-refractivity contribution in [2.45, 2.75) is 51.8 Å². The minimum Gasteiger partial charge on any atom is -0.444 e. The van der Waals surface area contributed by atoms with Gasteiger partial charge in [0, 0.05) is 18.7 Å². The van der Waals surface area contributed by atoms with Crippen LogP contribution in [0.25, 0.3) is 11.0 Å². The first-order valence-corrected chi connectivity index (χ1v) is 10.6. The molecule has 0 bridgehead atoms. The summed E-state index contributed by atoms with van der Waals surface area (Å²) in [5.41, 5.74) is 2.89. The number of hydrogen-bond acceptors (Lipinski definition) is 4. The molecular formula is C24H28N4O3. The molecule has 7 heteroatoms. The molecule has 162 valence electrons. The Morgan fingerprint density at radius 1 is 1.16 bits per heavy atom. The van der Waals surface area contributed by atoms with Gasteiger partial charge in [-0.1, -0.05) is 24.3 Å². The number of carbonyl (C=O) groups excluding carboxylic acids is 2. The number of aromatic amines is 1. The van der Waals surface area contributed by atoms with Crippen LogP contribution in [0.1, 0.15) is 61.4 Å². The summed E-state index contributed by atoms with van der Waals surface area (Å²) in [5.74, 6) is 0.833. The van der Waals surface area contributed by atoms with E-state index < -0.39 is 11.7 Å². The zero-order valence-electron chi connectivity index (χ0n) is 18.1. The minimum atomic E-state index is -0.535. The highest BCUT2D eigenvalue weighted by Crippen LogP contribution is 2.32. The molecule has 2 amide bonds. The molecule has 1 atom stereocenters. The van der Waals surface area contributed by atoms with Crippen molar-refractivity contribution < 1.29 is 14.3 Å². The SMILES string of the molecule is CC(C)(C)OC(=O)NCc1ccc(C(=O)N2CCC[C@@H]2c2nc3ccccc3[nH]2)cc1. The van der Waals surface area contributed by atoms with Gasteiger partial charge < -0.3 is 19.9 Å². The number of hydrogen-bond donors (Lipinski definition) is 2. The molecule has 2 N–H and O–H groups in total. The zero-order valence-corrected chi connectivity index (χ0v) is 18.1. The maximum atomic E-state index is 13.2. The van der Waals surface area contributed by atoms with E-state index in [1.807, 2.05) is 74.2 Å². The summed E-state index contributed by atoms with van der Waals surface area (Å²) in [6.45, 7) is 6.52. The Morgan fingerprint density at radius 3 is 2.61 bits per heavy atom. The fraction of sp³-hybridized carbons (Fsp3) is 0.375. The number of para-hydroxylation sites is 2. The number of carbonyl (C=O) groups is 2. The molecule has 0 radical (unpaired) electrons. The predicted molar refractivity (Wildman–Crippen MR) is 119 cm³/mol. The van der Waals surface area contributed by atoms with E-state index in [1.54, 1.807) is 0 Å². The molecule has 1 aliphatic heterocycles. The summed E-state index contributed by atoms with van der Waals surface area (Å²) in [5, 5.41) is 2.73. The lowest BCUT2D eigenvalue weighted by molar-refractivity contribution is 0.0523. The van der Waals surface area contributed by atoms with Gasteiger partial charge in [0.1, 0.15) is 11.4 Å². The lowest BCUT2D eigenvalue weighted by Crippen LogP contribution is -2.32. The van der Waals surface area contributed by atoms with Gasteiger partial charge in [-0.3, -0.25) is 4.79 Å². The normalized spacial score (nSPS) is 16.5.